The molecule has 0 unspecified atom stereocenters. The van der Waals surface area contributed by atoms with Crippen LogP contribution in [-0.4, -0.2) is 13.1 Å². The second kappa shape index (κ2) is 6.09. The summed E-state index contributed by atoms with van der Waals surface area (Å²) < 4.78 is 10.7. The summed E-state index contributed by atoms with van der Waals surface area (Å²) in [6.07, 6.45) is 4.16. The molecule has 2 rings (SSSR count). The van der Waals surface area contributed by atoms with Gasteiger partial charge in [-0.05, 0) is 62.3 Å². The fourth-order valence-electron chi connectivity index (χ4n) is 2.61. The van der Waals surface area contributed by atoms with Crippen molar-refractivity contribution >= 4 is 5.97 Å². The van der Waals surface area contributed by atoms with Crippen molar-refractivity contribution in [2.75, 3.05) is 7.11 Å². The first-order valence-electron chi connectivity index (χ1n) is 6.96. The first-order chi connectivity index (χ1) is 9.10. The lowest BCUT2D eigenvalue weighted by Gasteiger charge is -2.24. The van der Waals surface area contributed by atoms with Gasteiger partial charge < -0.3 is 9.47 Å². The van der Waals surface area contributed by atoms with E-state index in [-0.39, 0.29) is 11.9 Å². The Morgan fingerprint density at radius 1 is 1.21 bits per heavy atom. The van der Waals surface area contributed by atoms with E-state index in [1.807, 2.05) is 19.1 Å². The van der Waals surface area contributed by atoms with E-state index in [0.717, 1.165) is 42.9 Å². The summed E-state index contributed by atoms with van der Waals surface area (Å²) in [5, 5.41) is 0. The second-order valence-corrected chi connectivity index (χ2v) is 5.51. The SMILES string of the molecule is COc1ccc(OC(=O)C2CCC(C)CC2)cc1C. The number of carbonyl (C=O) groups is 1. The molecule has 0 bridgehead atoms. The lowest BCUT2D eigenvalue weighted by atomic mass is 9.83. The Bertz CT molecular complexity index is 445. The number of rotatable bonds is 3. The molecular formula is C16H22O3. The maximum atomic E-state index is 12.1. The monoisotopic (exact) mass is 262 g/mol. The molecule has 0 N–H and O–H groups in total. The van der Waals surface area contributed by atoms with Gasteiger partial charge in [-0.1, -0.05) is 6.92 Å². The standard InChI is InChI=1S/C16H22O3/c1-11-4-6-13(7-5-11)16(17)19-14-8-9-15(18-3)12(2)10-14/h8-11,13H,4-7H2,1-3H3. The predicted octanol–water partition coefficient (Wildman–Crippen LogP) is 3.74. The Hall–Kier alpha value is -1.51. The van der Waals surface area contributed by atoms with Gasteiger partial charge in [-0.15, -0.1) is 0 Å². The average molecular weight is 262 g/mol. The van der Waals surface area contributed by atoms with E-state index in [1.165, 1.54) is 0 Å². The topological polar surface area (TPSA) is 35.5 Å². The van der Waals surface area contributed by atoms with Crippen LogP contribution in [0.1, 0.15) is 38.2 Å². The molecule has 0 aromatic heterocycles. The number of ether oxygens (including phenoxy) is 2. The molecule has 1 aliphatic rings. The highest BCUT2D eigenvalue weighted by molar-refractivity contribution is 5.75. The molecular weight excluding hydrogens is 240 g/mol. The summed E-state index contributed by atoms with van der Waals surface area (Å²) >= 11 is 0. The molecule has 0 saturated heterocycles. The zero-order valence-corrected chi connectivity index (χ0v) is 11.9. The first kappa shape index (κ1) is 13.9. The van der Waals surface area contributed by atoms with Crippen LogP contribution in [0, 0.1) is 18.8 Å². The summed E-state index contributed by atoms with van der Waals surface area (Å²) in [4.78, 5) is 12.1. The number of methoxy groups -OCH3 is 1. The average Bonchev–Trinajstić information content (AvgIpc) is 2.39. The maximum Gasteiger partial charge on any atom is 0.314 e. The summed E-state index contributed by atoms with van der Waals surface area (Å²) in [6.45, 7) is 4.19. The first-order valence-corrected chi connectivity index (χ1v) is 6.96. The molecule has 3 nitrogen and oxygen atoms in total. The molecule has 0 radical (unpaired) electrons. The van der Waals surface area contributed by atoms with Gasteiger partial charge in [0, 0.05) is 0 Å². The molecule has 0 heterocycles. The van der Waals surface area contributed by atoms with Crippen LogP contribution < -0.4 is 9.47 Å². The van der Waals surface area contributed by atoms with Gasteiger partial charge in [0.1, 0.15) is 11.5 Å². The van der Waals surface area contributed by atoms with Gasteiger partial charge in [-0.2, -0.15) is 0 Å². The third-order valence-electron chi connectivity index (χ3n) is 3.93. The van der Waals surface area contributed by atoms with Crippen LogP contribution in [0.3, 0.4) is 0 Å². The van der Waals surface area contributed by atoms with Crippen LogP contribution in [0.2, 0.25) is 0 Å². The van der Waals surface area contributed by atoms with Crippen LogP contribution in [0.15, 0.2) is 18.2 Å². The van der Waals surface area contributed by atoms with Crippen LogP contribution >= 0.6 is 0 Å². The number of hydrogen-bond donors (Lipinski definition) is 0. The minimum absolute atomic E-state index is 0.0682. The summed E-state index contributed by atoms with van der Waals surface area (Å²) in [7, 11) is 1.64. The lowest BCUT2D eigenvalue weighted by molar-refractivity contribution is -0.140. The molecule has 19 heavy (non-hydrogen) atoms. The highest BCUT2D eigenvalue weighted by Crippen LogP contribution is 2.30. The van der Waals surface area contributed by atoms with Crippen molar-refractivity contribution < 1.29 is 14.3 Å². The Labute approximate surface area is 114 Å². The molecule has 0 amide bonds. The molecule has 0 spiro atoms. The van der Waals surface area contributed by atoms with Crippen molar-refractivity contribution in [2.45, 2.75) is 39.5 Å². The van der Waals surface area contributed by atoms with Gasteiger partial charge in [0.2, 0.25) is 0 Å². The Balaban J connectivity index is 1.97. The van der Waals surface area contributed by atoms with E-state index in [1.54, 1.807) is 13.2 Å². The van der Waals surface area contributed by atoms with Gasteiger partial charge in [0.05, 0.1) is 13.0 Å². The molecule has 104 valence electrons. The van der Waals surface area contributed by atoms with Crippen molar-refractivity contribution in [1.82, 2.24) is 0 Å². The van der Waals surface area contributed by atoms with Crippen molar-refractivity contribution in [1.29, 1.82) is 0 Å². The van der Waals surface area contributed by atoms with E-state index in [0.29, 0.717) is 5.75 Å². The molecule has 1 aliphatic carbocycles. The van der Waals surface area contributed by atoms with Crippen LogP contribution in [0.4, 0.5) is 0 Å². The zero-order valence-electron chi connectivity index (χ0n) is 11.9. The van der Waals surface area contributed by atoms with Gasteiger partial charge in [-0.3, -0.25) is 4.79 Å². The largest absolute Gasteiger partial charge is 0.496 e. The third kappa shape index (κ3) is 3.49. The maximum absolute atomic E-state index is 12.1. The molecule has 1 fully saturated rings. The van der Waals surface area contributed by atoms with Gasteiger partial charge >= 0.3 is 5.97 Å². The fourth-order valence-corrected chi connectivity index (χ4v) is 2.61. The molecule has 1 aromatic carbocycles. The Kier molecular flexibility index (Phi) is 4.46. The number of aryl methyl sites for hydroxylation is 1. The van der Waals surface area contributed by atoms with Crippen molar-refractivity contribution in [3.8, 4) is 11.5 Å². The number of benzene rings is 1. The molecule has 0 atom stereocenters. The Morgan fingerprint density at radius 3 is 2.47 bits per heavy atom. The summed E-state index contributed by atoms with van der Waals surface area (Å²) in [5.74, 6) is 2.15. The van der Waals surface area contributed by atoms with E-state index in [9.17, 15) is 4.79 Å². The number of esters is 1. The summed E-state index contributed by atoms with van der Waals surface area (Å²) in [6, 6.07) is 5.47. The predicted molar refractivity (Wildman–Crippen MR) is 74.5 cm³/mol. The van der Waals surface area contributed by atoms with E-state index in [4.69, 9.17) is 9.47 Å². The van der Waals surface area contributed by atoms with Crippen molar-refractivity contribution in [3.63, 3.8) is 0 Å². The van der Waals surface area contributed by atoms with Gasteiger partial charge in [0.25, 0.3) is 0 Å². The molecule has 1 saturated carbocycles. The number of hydrogen-bond acceptors (Lipinski definition) is 3. The third-order valence-corrected chi connectivity index (χ3v) is 3.93. The van der Waals surface area contributed by atoms with Crippen molar-refractivity contribution in [2.24, 2.45) is 11.8 Å². The highest BCUT2D eigenvalue weighted by atomic mass is 16.5. The molecule has 3 heteroatoms. The quantitative estimate of drug-likeness (QED) is 0.615. The Morgan fingerprint density at radius 2 is 1.89 bits per heavy atom. The van der Waals surface area contributed by atoms with Gasteiger partial charge in [0.15, 0.2) is 0 Å². The highest BCUT2D eigenvalue weighted by Gasteiger charge is 2.25. The van der Waals surface area contributed by atoms with E-state index < -0.39 is 0 Å². The van der Waals surface area contributed by atoms with Crippen LogP contribution in [0.25, 0.3) is 0 Å². The summed E-state index contributed by atoms with van der Waals surface area (Å²) in [5.41, 5.74) is 0.977. The fraction of sp³-hybridized carbons (Fsp3) is 0.562. The van der Waals surface area contributed by atoms with E-state index in [2.05, 4.69) is 6.92 Å². The molecule has 0 aliphatic heterocycles. The zero-order chi connectivity index (χ0) is 13.8. The van der Waals surface area contributed by atoms with Gasteiger partial charge in [-0.25, -0.2) is 0 Å². The second-order valence-electron chi connectivity index (χ2n) is 5.51. The van der Waals surface area contributed by atoms with Crippen LogP contribution in [0.5, 0.6) is 11.5 Å². The van der Waals surface area contributed by atoms with Crippen LogP contribution in [-0.2, 0) is 4.79 Å². The minimum Gasteiger partial charge on any atom is -0.496 e. The lowest BCUT2D eigenvalue weighted by Crippen LogP contribution is -2.24. The van der Waals surface area contributed by atoms with E-state index >= 15 is 0 Å². The van der Waals surface area contributed by atoms with Crippen molar-refractivity contribution in [3.05, 3.63) is 23.8 Å². The molecule has 1 aromatic rings. The minimum atomic E-state index is -0.0866. The number of carbonyl (C=O) groups excluding carboxylic acids is 1. The smallest absolute Gasteiger partial charge is 0.314 e. The normalized spacial score (nSPS) is 22.9.